The normalized spacial score (nSPS) is 12.4. The highest BCUT2D eigenvalue weighted by Gasteiger charge is 2.16. The van der Waals surface area contributed by atoms with Crippen LogP contribution < -0.4 is 10.9 Å². The fourth-order valence-corrected chi connectivity index (χ4v) is 2.80. The van der Waals surface area contributed by atoms with Gasteiger partial charge in [0.1, 0.15) is 5.82 Å². The van der Waals surface area contributed by atoms with Crippen LogP contribution >= 0.6 is 0 Å². The summed E-state index contributed by atoms with van der Waals surface area (Å²) in [6.45, 7) is 2.85. The lowest BCUT2D eigenvalue weighted by Crippen LogP contribution is -2.30. The summed E-state index contributed by atoms with van der Waals surface area (Å²) in [4.78, 5) is 17.3. The molecule has 118 valence electrons. The Bertz CT molecular complexity index is 855. The third-order valence-corrected chi connectivity index (χ3v) is 4.13. The van der Waals surface area contributed by atoms with E-state index in [9.17, 15) is 4.79 Å². The Hall–Kier alpha value is -2.46. The molecule has 0 radical (unpaired) electrons. The number of aromatic nitrogens is 2. The molecule has 23 heavy (non-hydrogen) atoms. The van der Waals surface area contributed by atoms with E-state index in [1.807, 2.05) is 42.5 Å². The van der Waals surface area contributed by atoms with E-state index in [0.717, 1.165) is 24.3 Å². The molecule has 0 aliphatic heterocycles. The van der Waals surface area contributed by atoms with E-state index in [4.69, 9.17) is 4.98 Å². The zero-order chi connectivity index (χ0) is 16.2. The maximum Gasteiger partial charge on any atom is 0.261 e. The van der Waals surface area contributed by atoms with Crippen molar-refractivity contribution in [3.05, 3.63) is 76.3 Å². The van der Waals surface area contributed by atoms with Crippen LogP contribution in [0.4, 0.5) is 0 Å². The Balaban J connectivity index is 1.93. The van der Waals surface area contributed by atoms with E-state index < -0.39 is 0 Å². The number of rotatable bonds is 5. The summed E-state index contributed by atoms with van der Waals surface area (Å²) in [5, 5.41) is 4.18. The second kappa shape index (κ2) is 6.75. The average Bonchev–Trinajstić information content (AvgIpc) is 2.60. The lowest BCUT2D eigenvalue weighted by atomic mass is 10.1. The topological polar surface area (TPSA) is 46.9 Å². The molecule has 0 bridgehead atoms. The molecule has 2 aromatic carbocycles. The Kier molecular flexibility index (Phi) is 4.53. The first-order valence-corrected chi connectivity index (χ1v) is 7.93. The van der Waals surface area contributed by atoms with Crippen molar-refractivity contribution in [2.24, 2.45) is 7.05 Å². The molecule has 0 fully saturated rings. The summed E-state index contributed by atoms with van der Waals surface area (Å²) in [6.07, 6.45) is 0.867. The van der Waals surface area contributed by atoms with Crippen LogP contribution in [0.5, 0.6) is 0 Å². The molecule has 1 unspecified atom stereocenters. The van der Waals surface area contributed by atoms with Gasteiger partial charge in [0, 0.05) is 13.6 Å². The van der Waals surface area contributed by atoms with Gasteiger partial charge >= 0.3 is 0 Å². The van der Waals surface area contributed by atoms with Crippen molar-refractivity contribution in [3.63, 3.8) is 0 Å². The summed E-state index contributed by atoms with van der Waals surface area (Å²) < 4.78 is 1.66. The number of nitrogens with zero attached hydrogens (tertiary/aromatic N) is 2. The molecule has 1 heterocycles. The second-order valence-electron chi connectivity index (χ2n) is 5.68. The first-order valence-electron chi connectivity index (χ1n) is 7.93. The highest BCUT2D eigenvalue weighted by Crippen LogP contribution is 2.16. The van der Waals surface area contributed by atoms with E-state index in [-0.39, 0.29) is 11.6 Å². The first-order chi connectivity index (χ1) is 11.2. The smallest absolute Gasteiger partial charge is 0.261 e. The van der Waals surface area contributed by atoms with Crippen molar-refractivity contribution >= 4 is 10.9 Å². The van der Waals surface area contributed by atoms with Gasteiger partial charge in [-0.2, -0.15) is 0 Å². The zero-order valence-electron chi connectivity index (χ0n) is 13.5. The van der Waals surface area contributed by atoms with Crippen molar-refractivity contribution in [1.29, 1.82) is 0 Å². The minimum atomic E-state index is 0.00515. The predicted molar refractivity (Wildman–Crippen MR) is 93.3 cm³/mol. The van der Waals surface area contributed by atoms with Gasteiger partial charge in [0.15, 0.2) is 0 Å². The molecule has 0 saturated carbocycles. The third-order valence-electron chi connectivity index (χ3n) is 4.13. The molecule has 1 N–H and O–H groups in total. The van der Waals surface area contributed by atoms with E-state index in [0.29, 0.717) is 5.39 Å². The monoisotopic (exact) mass is 307 g/mol. The predicted octanol–water partition coefficient (Wildman–Crippen LogP) is 3.17. The fraction of sp³-hybridized carbons (Fsp3) is 0.263. The van der Waals surface area contributed by atoms with Crippen molar-refractivity contribution in [2.45, 2.75) is 25.9 Å². The Labute approximate surface area is 135 Å². The van der Waals surface area contributed by atoms with Gasteiger partial charge < -0.3 is 5.32 Å². The second-order valence-corrected chi connectivity index (χ2v) is 5.68. The van der Waals surface area contributed by atoms with Crippen molar-refractivity contribution in [3.8, 4) is 0 Å². The maximum atomic E-state index is 12.5. The summed E-state index contributed by atoms with van der Waals surface area (Å²) in [5.41, 5.74) is 1.98. The molecule has 3 aromatic rings. The largest absolute Gasteiger partial charge is 0.303 e. The molecule has 0 aliphatic rings. The molecule has 3 rings (SSSR count). The lowest BCUT2D eigenvalue weighted by molar-refractivity contribution is 0.473. The molecule has 4 heteroatoms. The lowest BCUT2D eigenvalue weighted by Gasteiger charge is -2.19. The number of nitrogens with one attached hydrogen (secondary N) is 1. The van der Waals surface area contributed by atoms with Crippen molar-refractivity contribution < 1.29 is 0 Å². The Morgan fingerprint density at radius 3 is 2.52 bits per heavy atom. The summed E-state index contributed by atoms with van der Waals surface area (Å²) in [6, 6.07) is 17.8. The van der Waals surface area contributed by atoms with Crippen molar-refractivity contribution in [2.75, 3.05) is 0 Å². The molecule has 1 atom stereocenters. The van der Waals surface area contributed by atoms with Gasteiger partial charge in [-0.3, -0.25) is 9.36 Å². The van der Waals surface area contributed by atoms with Gasteiger partial charge in [0.2, 0.25) is 0 Å². The van der Waals surface area contributed by atoms with Gasteiger partial charge in [-0.1, -0.05) is 49.4 Å². The zero-order valence-corrected chi connectivity index (χ0v) is 13.5. The van der Waals surface area contributed by atoms with Crippen molar-refractivity contribution in [1.82, 2.24) is 14.9 Å². The maximum absolute atomic E-state index is 12.5. The third kappa shape index (κ3) is 3.17. The molecule has 4 nitrogen and oxygen atoms in total. The van der Waals surface area contributed by atoms with Crippen LogP contribution in [0.3, 0.4) is 0 Å². The summed E-state index contributed by atoms with van der Waals surface area (Å²) in [7, 11) is 1.80. The van der Waals surface area contributed by atoms with Crippen LogP contribution in [0.2, 0.25) is 0 Å². The Morgan fingerprint density at radius 2 is 1.78 bits per heavy atom. The first kappa shape index (κ1) is 15.4. The number of fused-ring (bicyclic) bond motifs is 1. The van der Waals surface area contributed by atoms with Crippen LogP contribution in [0.15, 0.2) is 59.4 Å². The highest BCUT2D eigenvalue weighted by atomic mass is 16.1. The van der Waals surface area contributed by atoms with E-state index >= 15 is 0 Å². The van der Waals surface area contributed by atoms with Gasteiger partial charge in [-0.25, -0.2) is 4.98 Å². The number of para-hydroxylation sites is 1. The van der Waals surface area contributed by atoms with E-state index in [1.165, 1.54) is 5.56 Å². The molecule has 0 spiro atoms. The standard InChI is InChI=1S/C19H21N3O/c1-3-16(20-13-14-9-5-4-6-10-14)18-21-17-12-8-7-11-15(17)19(23)22(18)2/h4-12,16,20H,3,13H2,1-2H3. The minimum Gasteiger partial charge on any atom is -0.303 e. The van der Waals surface area contributed by atoms with E-state index in [2.05, 4.69) is 24.4 Å². The van der Waals surface area contributed by atoms with Crippen LogP contribution in [0.1, 0.15) is 30.8 Å². The van der Waals surface area contributed by atoms with Gasteiger partial charge in [0.25, 0.3) is 5.56 Å². The van der Waals surface area contributed by atoms with Crippen LogP contribution in [0.25, 0.3) is 10.9 Å². The van der Waals surface area contributed by atoms with Gasteiger partial charge in [0.05, 0.1) is 16.9 Å². The number of hydrogen-bond donors (Lipinski definition) is 1. The molecule has 0 aliphatic carbocycles. The molecule has 0 saturated heterocycles. The van der Waals surface area contributed by atoms with Gasteiger partial charge in [-0.15, -0.1) is 0 Å². The highest BCUT2D eigenvalue weighted by molar-refractivity contribution is 5.77. The minimum absolute atomic E-state index is 0.00515. The molecular formula is C19H21N3O. The quantitative estimate of drug-likeness (QED) is 0.787. The van der Waals surface area contributed by atoms with Gasteiger partial charge in [-0.05, 0) is 24.1 Å². The number of hydrogen-bond acceptors (Lipinski definition) is 3. The van der Waals surface area contributed by atoms with Crippen LogP contribution in [-0.2, 0) is 13.6 Å². The fourth-order valence-electron chi connectivity index (χ4n) is 2.80. The Morgan fingerprint density at radius 1 is 1.09 bits per heavy atom. The van der Waals surface area contributed by atoms with Crippen LogP contribution in [0, 0.1) is 0 Å². The average molecular weight is 307 g/mol. The summed E-state index contributed by atoms with van der Waals surface area (Å²) in [5.74, 6) is 0.784. The molecule has 1 aromatic heterocycles. The SMILES string of the molecule is CCC(NCc1ccccc1)c1nc2ccccc2c(=O)n1C. The van der Waals surface area contributed by atoms with Crippen LogP contribution in [-0.4, -0.2) is 9.55 Å². The molecule has 0 amide bonds. The summed E-state index contributed by atoms with van der Waals surface area (Å²) >= 11 is 0. The number of benzene rings is 2. The molecular weight excluding hydrogens is 286 g/mol. The van der Waals surface area contributed by atoms with E-state index in [1.54, 1.807) is 11.6 Å².